The van der Waals surface area contributed by atoms with Crippen LogP contribution in [0.25, 0.3) is 0 Å². The molecule has 1 N–H and O–H groups in total. The number of hydrogen-bond acceptors (Lipinski definition) is 4. The van der Waals surface area contributed by atoms with E-state index < -0.39 is 0 Å². The summed E-state index contributed by atoms with van der Waals surface area (Å²) in [5.41, 5.74) is 1.13. The van der Waals surface area contributed by atoms with Crippen LogP contribution in [-0.4, -0.2) is 32.4 Å². The van der Waals surface area contributed by atoms with E-state index in [9.17, 15) is 0 Å². The van der Waals surface area contributed by atoms with Gasteiger partial charge < -0.3 is 19.5 Å². The number of hydrogen-bond donors (Lipinski definition) is 1. The molecule has 0 aliphatic carbocycles. The van der Waals surface area contributed by atoms with E-state index in [0.29, 0.717) is 12.6 Å². The second-order valence-corrected chi connectivity index (χ2v) is 4.62. The van der Waals surface area contributed by atoms with Crippen molar-refractivity contribution < 1.29 is 14.2 Å². The molecule has 2 heterocycles. The summed E-state index contributed by atoms with van der Waals surface area (Å²) in [6.45, 7) is 5.06. The number of fused-ring (bicyclic) bond motifs is 3. The van der Waals surface area contributed by atoms with Crippen molar-refractivity contribution in [3.05, 3.63) is 23.8 Å². The molecule has 18 heavy (non-hydrogen) atoms. The molecule has 1 aromatic rings. The van der Waals surface area contributed by atoms with Crippen molar-refractivity contribution in [2.45, 2.75) is 25.5 Å². The van der Waals surface area contributed by atoms with Crippen molar-refractivity contribution in [2.24, 2.45) is 0 Å². The molecule has 0 aromatic heterocycles. The molecule has 2 aliphatic heterocycles. The molecule has 4 heteroatoms. The van der Waals surface area contributed by atoms with Gasteiger partial charge in [-0.3, -0.25) is 0 Å². The second kappa shape index (κ2) is 5.16. The summed E-state index contributed by atoms with van der Waals surface area (Å²) < 4.78 is 17.2. The number of rotatable bonds is 2. The van der Waals surface area contributed by atoms with Crippen molar-refractivity contribution in [1.29, 1.82) is 0 Å². The van der Waals surface area contributed by atoms with Gasteiger partial charge >= 0.3 is 0 Å². The lowest BCUT2D eigenvalue weighted by molar-refractivity contribution is -0.00585. The highest BCUT2D eigenvalue weighted by atomic mass is 16.5. The molecule has 0 unspecified atom stereocenters. The van der Waals surface area contributed by atoms with Gasteiger partial charge in [0.2, 0.25) is 0 Å². The minimum atomic E-state index is 0.104. The van der Waals surface area contributed by atoms with E-state index in [1.54, 1.807) is 0 Å². The van der Waals surface area contributed by atoms with E-state index in [0.717, 1.165) is 43.2 Å². The van der Waals surface area contributed by atoms with E-state index >= 15 is 0 Å². The minimum Gasteiger partial charge on any atom is -0.494 e. The van der Waals surface area contributed by atoms with Gasteiger partial charge in [-0.15, -0.1) is 0 Å². The maximum Gasteiger partial charge on any atom is 0.128 e. The number of nitrogens with one attached hydrogen (secondary N) is 1. The van der Waals surface area contributed by atoms with Gasteiger partial charge in [0.05, 0.1) is 19.8 Å². The highest BCUT2D eigenvalue weighted by Crippen LogP contribution is 2.37. The average molecular weight is 249 g/mol. The van der Waals surface area contributed by atoms with E-state index in [-0.39, 0.29) is 6.10 Å². The van der Waals surface area contributed by atoms with Crippen LogP contribution in [0.2, 0.25) is 0 Å². The molecule has 2 aliphatic rings. The Balaban J connectivity index is 1.92. The molecule has 1 aromatic carbocycles. The van der Waals surface area contributed by atoms with E-state index in [2.05, 4.69) is 11.4 Å². The molecule has 0 spiro atoms. The summed E-state index contributed by atoms with van der Waals surface area (Å²) in [5.74, 6) is 1.76. The Bertz CT molecular complexity index is 422. The summed E-state index contributed by atoms with van der Waals surface area (Å²) >= 11 is 0. The number of ether oxygens (including phenoxy) is 3. The molecule has 1 saturated heterocycles. The predicted octanol–water partition coefficient (Wildman–Crippen LogP) is 1.90. The summed E-state index contributed by atoms with van der Waals surface area (Å²) in [4.78, 5) is 0. The Kier molecular flexibility index (Phi) is 3.39. The fraction of sp³-hybridized carbons (Fsp3) is 0.571. The van der Waals surface area contributed by atoms with Crippen LogP contribution in [0, 0.1) is 0 Å². The van der Waals surface area contributed by atoms with Gasteiger partial charge in [0.25, 0.3) is 0 Å². The Morgan fingerprint density at radius 2 is 2.33 bits per heavy atom. The lowest BCUT2D eigenvalue weighted by Gasteiger charge is -2.31. The topological polar surface area (TPSA) is 39.7 Å². The standard InChI is InChI=1S/C14H19NO3/c1-2-16-10-3-4-11-13(9-10)17-7-5-12-14(11)18-8-6-15-12/h3-4,9,12,14-15H,2,5-8H2,1H3/t12-,14-/m0/s1. The molecular formula is C14H19NO3. The van der Waals surface area contributed by atoms with Crippen LogP contribution >= 0.6 is 0 Å². The Hall–Kier alpha value is -1.26. The molecular weight excluding hydrogens is 230 g/mol. The van der Waals surface area contributed by atoms with Gasteiger partial charge in [0.1, 0.15) is 17.6 Å². The van der Waals surface area contributed by atoms with Crippen LogP contribution < -0.4 is 14.8 Å². The summed E-state index contributed by atoms with van der Waals surface area (Å²) in [6.07, 6.45) is 1.08. The average Bonchev–Trinajstić information content (AvgIpc) is 2.58. The monoisotopic (exact) mass is 249 g/mol. The fourth-order valence-electron chi connectivity index (χ4n) is 2.64. The van der Waals surface area contributed by atoms with Gasteiger partial charge in [0, 0.05) is 24.2 Å². The van der Waals surface area contributed by atoms with Crippen molar-refractivity contribution >= 4 is 0 Å². The van der Waals surface area contributed by atoms with Crippen molar-refractivity contribution in [3.8, 4) is 11.5 Å². The maximum atomic E-state index is 5.90. The van der Waals surface area contributed by atoms with Gasteiger partial charge in [-0.05, 0) is 25.5 Å². The van der Waals surface area contributed by atoms with Gasteiger partial charge in [0.15, 0.2) is 0 Å². The number of morpholine rings is 1. The molecule has 0 bridgehead atoms. The highest BCUT2D eigenvalue weighted by molar-refractivity contribution is 5.43. The maximum absolute atomic E-state index is 5.90. The lowest BCUT2D eigenvalue weighted by atomic mass is 9.98. The molecule has 0 saturated carbocycles. The minimum absolute atomic E-state index is 0.104. The molecule has 1 fully saturated rings. The molecule has 2 atom stereocenters. The van der Waals surface area contributed by atoms with Crippen LogP contribution in [0.3, 0.4) is 0 Å². The van der Waals surface area contributed by atoms with Crippen LogP contribution in [0.4, 0.5) is 0 Å². The van der Waals surface area contributed by atoms with Crippen molar-refractivity contribution in [3.63, 3.8) is 0 Å². The zero-order chi connectivity index (χ0) is 12.4. The third-order valence-electron chi connectivity index (χ3n) is 3.46. The van der Waals surface area contributed by atoms with Gasteiger partial charge in [-0.25, -0.2) is 0 Å². The Labute approximate surface area is 107 Å². The molecule has 4 nitrogen and oxygen atoms in total. The molecule has 98 valence electrons. The van der Waals surface area contributed by atoms with Crippen LogP contribution in [0.1, 0.15) is 25.0 Å². The first-order valence-corrected chi connectivity index (χ1v) is 6.63. The van der Waals surface area contributed by atoms with Gasteiger partial charge in [-0.1, -0.05) is 0 Å². The summed E-state index contributed by atoms with van der Waals surface area (Å²) in [6, 6.07) is 6.39. The first kappa shape index (κ1) is 11.8. The van der Waals surface area contributed by atoms with E-state index in [4.69, 9.17) is 14.2 Å². The zero-order valence-electron chi connectivity index (χ0n) is 10.6. The first-order valence-electron chi connectivity index (χ1n) is 6.63. The van der Waals surface area contributed by atoms with Crippen LogP contribution in [0.15, 0.2) is 18.2 Å². The van der Waals surface area contributed by atoms with Crippen molar-refractivity contribution in [2.75, 3.05) is 26.4 Å². The SMILES string of the molecule is CCOc1ccc2c(c1)OCC[C@@H]1NCCO[C@@H]21. The second-order valence-electron chi connectivity index (χ2n) is 4.62. The third kappa shape index (κ3) is 2.18. The molecule has 0 radical (unpaired) electrons. The lowest BCUT2D eigenvalue weighted by Crippen LogP contribution is -2.43. The predicted molar refractivity (Wildman–Crippen MR) is 68.2 cm³/mol. The summed E-state index contributed by atoms with van der Waals surface area (Å²) in [7, 11) is 0. The number of benzene rings is 1. The Morgan fingerprint density at radius 1 is 1.39 bits per heavy atom. The van der Waals surface area contributed by atoms with E-state index in [1.165, 1.54) is 0 Å². The zero-order valence-corrected chi connectivity index (χ0v) is 10.6. The Morgan fingerprint density at radius 3 is 3.22 bits per heavy atom. The smallest absolute Gasteiger partial charge is 0.128 e. The fourth-order valence-corrected chi connectivity index (χ4v) is 2.64. The van der Waals surface area contributed by atoms with Crippen LogP contribution in [-0.2, 0) is 4.74 Å². The third-order valence-corrected chi connectivity index (χ3v) is 3.46. The first-order chi connectivity index (χ1) is 8.88. The molecule has 3 rings (SSSR count). The van der Waals surface area contributed by atoms with Gasteiger partial charge in [-0.2, -0.15) is 0 Å². The quantitative estimate of drug-likeness (QED) is 0.869. The normalized spacial score (nSPS) is 26.5. The molecule has 0 amide bonds. The largest absolute Gasteiger partial charge is 0.494 e. The van der Waals surface area contributed by atoms with E-state index in [1.807, 2.05) is 19.1 Å². The van der Waals surface area contributed by atoms with Crippen molar-refractivity contribution in [1.82, 2.24) is 5.32 Å². The van der Waals surface area contributed by atoms with Crippen LogP contribution in [0.5, 0.6) is 11.5 Å². The summed E-state index contributed by atoms with van der Waals surface area (Å²) in [5, 5.41) is 3.51. The highest BCUT2D eigenvalue weighted by Gasteiger charge is 2.31.